The Morgan fingerprint density at radius 1 is 1.00 bits per heavy atom. The van der Waals surface area contributed by atoms with E-state index in [0.29, 0.717) is 25.1 Å². The van der Waals surface area contributed by atoms with Crippen LogP contribution in [0.5, 0.6) is 0 Å². The first-order valence-corrected chi connectivity index (χ1v) is 13.2. The number of aromatic nitrogens is 1. The van der Waals surface area contributed by atoms with Crippen LogP contribution in [0.25, 0.3) is 0 Å². The van der Waals surface area contributed by atoms with Gasteiger partial charge in [0.1, 0.15) is 6.26 Å². The van der Waals surface area contributed by atoms with Gasteiger partial charge in [0.05, 0.1) is 18.3 Å². The van der Waals surface area contributed by atoms with Crippen molar-refractivity contribution in [3.8, 4) is 0 Å². The number of oxazole rings is 1. The number of carbonyl (C=O) groups excluding carboxylic acids is 4. The molecule has 1 saturated heterocycles. The summed E-state index contributed by atoms with van der Waals surface area (Å²) in [5, 5.41) is 2.60. The van der Waals surface area contributed by atoms with Gasteiger partial charge in [0.2, 0.25) is 18.1 Å². The van der Waals surface area contributed by atoms with E-state index in [2.05, 4.69) is 10.3 Å². The number of amides is 2. The lowest BCUT2D eigenvalue weighted by molar-refractivity contribution is -0.178. The van der Waals surface area contributed by atoms with Crippen molar-refractivity contribution in [1.29, 1.82) is 0 Å². The van der Waals surface area contributed by atoms with Gasteiger partial charge in [-0.25, -0.2) is 4.98 Å². The zero-order valence-corrected chi connectivity index (χ0v) is 22.8. The highest BCUT2D eigenvalue weighted by Gasteiger charge is 2.44. The SMILES string of the molecule is CC(=O)O[C@@H](C(=O)NCc1nc(Cc2ccccc2C)co1)[C@@H](OC(C)=O)C(=O)N1CCCC1c1ccccc1. The number of rotatable bonds is 10. The summed E-state index contributed by atoms with van der Waals surface area (Å²) in [6.07, 6.45) is 0.153. The number of esters is 2. The number of ether oxygens (including phenoxy) is 2. The van der Waals surface area contributed by atoms with Gasteiger partial charge < -0.3 is 24.1 Å². The topological polar surface area (TPSA) is 128 Å². The van der Waals surface area contributed by atoms with E-state index in [1.807, 2.05) is 61.5 Å². The number of hydrogen-bond donors (Lipinski definition) is 1. The van der Waals surface area contributed by atoms with Crippen LogP contribution in [0.2, 0.25) is 0 Å². The Labute approximate surface area is 232 Å². The minimum absolute atomic E-state index is 0.123. The maximum Gasteiger partial charge on any atom is 0.303 e. The molecular formula is C30H33N3O7. The Morgan fingerprint density at radius 2 is 1.68 bits per heavy atom. The van der Waals surface area contributed by atoms with Gasteiger partial charge in [-0.15, -0.1) is 0 Å². The van der Waals surface area contributed by atoms with Gasteiger partial charge in [0, 0.05) is 26.8 Å². The summed E-state index contributed by atoms with van der Waals surface area (Å²) >= 11 is 0. The average molecular weight is 548 g/mol. The number of nitrogens with zero attached hydrogens (tertiary/aromatic N) is 2. The second kappa shape index (κ2) is 13.1. The third-order valence-electron chi connectivity index (χ3n) is 6.73. The summed E-state index contributed by atoms with van der Waals surface area (Å²) < 4.78 is 16.1. The molecule has 0 aliphatic carbocycles. The van der Waals surface area contributed by atoms with Crippen LogP contribution >= 0.6 is 0 Å². The molecule has 1 aromatic heterocycles. The summed E-state index contributed by atoms with van der Waals surface area (Å²) in [4.78, 5) is 56.9. The second-order valence-corrected chi connectivity index (χ2v) is 9.71. The van der Waals surface area contributed by atoms with E-state index in [0.717, 1.165) is 37.0 Å². The molecule has 1 aliphatic heterocycles. The van der Waals surface area contributed by atoms with Crippen LogP contribution in [0.15, 0.2) is 65.3 Å². The number of nitrogens with one attached hydrogen (secondary N) is 1. The summed E-state index contributed by atoms with van der Waals surface area (Å²) in [5.74, 6) is -2.78. The molecule has 1 aliphatic rings. The molecule has 2 heterocycles. The number of carbonyl (C=O) groups is 4. The van der Waals surface area contributed by atoms with Crippen LogP contribution in [0.1, 0.15) is 61.0 Å². The van der Waals surface area contributed by atoms with E-state index >= 15 is 0 Å². The average Bonchev–Trinajstić information content (AvgIpc) is 3.60. The first-order chi connectivity index (χ1) is 19.2. The molecule has 40 heavy (non-hydrogen) atoms. The molecule has 0 radical (unpaired) electrons. The van der Waals surface area contributed by atoms with E-state index in [9.17, 15) is 19.2 Å². The molecule has 10 heteroatoms. The van der Waals surface area contributed by atoms with Crippen molar-refractivity contribution in [3.63, 3.8) is 0 Å². The largest absolute Gasteiger partial charge is 0.448 e. The summed E-state index contributed by atoms with van der Waals surface area (Å²) in [7, 11) is 0. The van der Waals surface area contributed by atoms with E-state index < -0.39 is 36.0 Å². The normalized spacial score (nSPS) is 16.2. The molecule has 4 rings (SSSR count). The maximum atomic E-state index is 13.7. The van der Waals surface area contributed by atoms with Crippen LogP contribution in [-0.4, -0.2) is 52.4 Å². The third kappa shape index (κ3) is 7.13. The molecule has 0 saturated carbocycles. The molecular weight excluding hydrogens is 514 g/mol. The smallest absolute Gasteiger partial charge is 0.303 e. The fraction of sp³-hybridized carbons (Fsp3) is 0.367. The van der Waals surface area contributed by atoms with Gasteiger partial charge in [-0.05, 0) is 36.5 Å². The van der Waals surface area contributed by atoms with Crippen molar-refractivity contribution >= 4 is 23.8 Å². The predicted octanol–water partition coefficient (Wildman–Crippen LogP) is 3.42. The number of benzene rings is 2. The van der Waals surface area contributed by atoms with E-state index in [4.69, 9.17) is 13.9 Å². The van der Waals surface area contributed by atoms with Crippen molar-refractivity contribution in [2.75, 3.05) is 6.54 Å². The summed E-state index contributed by atoms with van der Waals surface area (Å²) in [6, 6.07) is 17.1. The fourth-order valence-electron chi connectivity index (χ4n) is 4.85. The third-order valence-corrected chi connectivity index (χ3v) is 6.73. The molecule has 1 unspecified atom stereocenters. The van der Waals surface area contributed by atoms with Crippen molar-refractivity contribution in [1.82, 2.24) is 15.2 Å². The van der Waals surface area contributed by atoms with Gasteiger partial charge >= 0.3 is 11.9 Å². The standard InChI is InChI=1S/C30H33N3O7/c1-19-10-7-8-13-23(19)16-24-18-38-26(32-24)17-31-29(36)27(39-20(2)34)28(40-21(3)35)30(37)33-15-9-14-25(33)22-11-5-4-6-12-22/h4-8,10-13,18,25,27-28H,9,14-17H2,1-3H3,(H,31,36)/t25?,27-,28-/m1/s1. The molecule has 0 bridgehead atoms. The van der Waals surface area contributed by atoms with Crippen LogP contribution in [0.4, 0.5) is 0 Å². The van der Waals surface area contributed by atoms with Gasteiger partial charge in [0.25, 0.3) is 11.8 Å². The molecule has 2 amide bonds. The molecule has 2 aromatic carbocycles. The van der Waals surface area contributed by atoms with Gasteiger partial charge in [-0.1, -0.05) is 54.6 Å². The molecule has 210 valence electrons. The van der Waals surface area contributed by atoms with E-state index in [1.54, 1.807) is 4.90 Å². The highest BCUT2D eigenvalue weighted by atomic mass is 16.6. The second-order valence-electron chi connectivity index (χ2n) is 9.71. The zero-order chi connectivity index (χ0) is 28.6. The number of likely N-dealkylation sites (tertiary alicyclic amines) is 1. The Balaban J connectivity index is 1.49. The fourth-order valence-corrected chi connectivity index (χ4v) is 4.85. The van der Waals surface area contributed by atoms with Gasteiger partial charge in [-0.3, -0.25) is 19.2 Å². The molecule has 0 spiro atoms. The zero-order valence-electron chi connectivity index (χ0n) is 22.8. The summed E-state index contributed by atoms with van der Waals surface area (Å²) in [6.45, 7) is 4.54. The Bertz CT molecular complexity index is 1350. The maximum absolute atomic E-state index is 13.7. The lowest BCUT2D eigenvalue weighted by Crippen LogP contribution is -2.53. The first kappa shape index (κ1) is 28.5. The van der Waals surface area contributed by atoms with Gasteiger partial charge in [-0.2, -0.15) is 0 Å². The summed E-state index contributed by atoms with van der Waals surface area (Å²) in [5.41, 5.74) is 3.83. The predicted molar refractivity (Wildman–Crippen MR) is 144 cm³/mol. The lowest BCUT2D eigenvalue weighted by Gasteiger charge is -2.31. The molecule has 1 fully saturated rings. The van der Waals surface area contributed by atoms with E-state index in [1.165, 1.54) is 6.26 Å². The van der Waals surface area contributed by atoms with Crippen LogP contribution in [-0.2, 0) is 41.6 Å². The van der Waals surface area contributed by atoms with Crippen molar-refractivity contribution in [3.05, 3.63) is 89.1 Å². The minimum atomic E-state index is -1.70. The van der Waals surface area contributed by atoms with E-state index in [-0.39, 0.29) is 18.5 Å². The quantitative estimate of drug-likeness (QED) is 0.383. The first-order valence-electron chi connectivity index (χ1n) is 13.2. The lowest BCUT2D eigenvalue weighted by atomic mass is 10.0. The van der Waals surface area contributed by atoms with Crippen LogP contribution in [0, 0.1) is 6.92 Å². The van der Waals surface area contributed by atoms with Crippen molar-refractivity contribution in [2.24, 2.45) is 0 Å². The van der Waals surface area contributed by atoms with Gasteiger partial charge in [0.15, 0.2) is 0 Å². The van der Waals surface area contributed by atoms with Crippen molar-refractivity contribution < 1.29 is 33.1 Å². The molecule has 3 atom stereocenters. The highest BCUT2D eigenvalue weighted by Crippen LogP contribution is 2.33. The Kier molecular flexibility index (Phi) is 9.31. The Hall–Kier alpha value is -4.47. The van der Waals surface area contributed by atoms with Crippen LogP contribution in [0.3, 0.4) is 0 Å². The molecule has 3 aromatic rings. The molecule has 1 N–H and O–H groups in total. The molecule has 10 nitrogen and oxygen atoms in total. The van der Waals surface area contributed by atoms with Crippen molar-refractivity contribution in [2.45, 2.75) is 64.8 Å². The van der Waals surface area contributed by atoms with Crippen LogP contribution < -0.4 is 5.32 Å². The highest BCUT2D eigenvalue weighted by molar-refractivity contribution is 5.93. The number of aryl methyl sites for hydroxylation is 1. The Morgan fingerprint density at radius 3 is 2.38 bits per heavy atom. The minimum Gasteiger partial charge on any atom is -0.448 e. The monoisotopic (exact) mass is 547 g/mol. The number of hydrogen-bond acceptors (Lipinski definition) is 8.